The Balaban J connectivity index is 1.79. The molecule has 0 saturated carbocycles. The lowest BCUT2D eigenvalue weighted by Crippen LogP contribution is -2.09. The van der Waals surface area contributed by atoms with Crippen LogP contribution in [0.3, 0.4) is 0 Å². The highest BCUT2D eigenvalue weighted by molar-refractivity contribution is 5.73. The molecule has 3 aromatic rings. The van der Waals surface area contributed by atoms with Crippen LogP contribution >= 0.6 is 0 Å². The van der Waals surface area contributed by atoms with Gasteiger partial charge in [-0.15, -0.1) is 5.10 Å². The Bertz CT molecular complexity index is 660. The van der Waals surface area contributed by atoms with Crippen molar-refractivity contribution >= 4 is 16.7 Å². The van der Waals surface area contributed by atoms with Gasteiger partial charge in [-0.05, 0) is 36.4 Å². The van der Waals surface area contributed by atoms with Crippen LogP contribution in [0.25, 0.3) is 11.0 Å². The summed E-state index contributed by atoms with van der Waals surface area (Å²) in [6.07, 6.45) is 0. The van der Waals surface area contributed by atoms with Crippen LogP contribution in [0.1, 0.15) is 0 Å². The van der Waals surface area contributed by atoms with Crippen LogP contribution in [-0.4, -0.2) is 20.1 Å². The molecule has 5 nitrogen and oxygen atoms in total. The van der Waals surface area contributed by atoms with Gasteiger partial charge in [-0.25, -0.2) is 4.68 Å². The lowest BCUT2D eigenvalue weighted by atomic mass is 10.3. The molecular weight excluding hydrogens is 228 g/mol. The van der Waals surface area contributed by atoms with Crippen molar-refractivity contribution in [3.05, 3.63) is 48.5 Å². The summed E-state index contributed by atoms with van der Waals surface area (Å²) < 4.78 is 1.79. The first-order valence-corrected chi connectivity index (χ1v) is 5.64. The molecule has 0 aliphatic rings. The van der Waals surface area contributed by atoms with Crippen LogP contribution in [0.15, 0.2) is 48.5 Å². The van der Waals surface area contributed by atoms with Gasteiger partial charge in [0.25, 0.3) is 0 Å². The number of hydrogen-bond acceptors (Lipinski definition) is 4. The molecule has 0 saturated heterocycles. The van der Waals surface area contributed by atoms with E-state index < -0.39 is 0 Å². The minimum atomic E-state index is 0.256. The summed E-state index contributed by atoms with van der Waals surface area (Å²) in [6, 6.07) is 14.7. The van der Waals surface area contributed by atoms with Crippen LogP contribution in [0, 0.1) is 0 Å². The van der Waals surface area contributed by atoms with Crippen molar-refractivity contribution in [1.82, 2.24) is 15.0 Å². The van der Waals surface area contributed by atoms with E-state index in [1.807, 2.05) is 36.4 Å². The van der Waals surface area contributed by atoms with Crippen molar-refractivity contribution in [2.75, 3.05) is 5.32 Å². The number of hydrogen-bond donors (Lipinski definition) is 2. The summed E-state index contributed by atoms with van der Waals surface area (Å²) >= 11 is 0. The summed E-state index contributed by atoms with van der Waals surface area (Å²) in [5.41, 5.74) is 2.79. The zero-order valence-corrected chi connectivity index (χ0v) is 9.61. The fourth-order valence-electron chi connectivity index (χ4n) is 1.78. The molecule has 3 rings (SSSR count). The van der Waals surface area contributed by atoms with Crippen LogP contribution in [0.5, 0.6) is 5.75 Å². The Kier molecular flexibility index (Phi) is 2.57. The highest BCUT2D eigenvalue weighted by Gasteiger charge is 2.02. The van der Waals surface area contributed by atoms with E-state index in [9.17, 15) is 5.11 Å². The van der Waals surface area contributed by atoms with Gasteiger partial charge in [0.2, 0.25) is 0 Å². The van der Waals surface area contributed by atoms with Gasteiger partial charge < -0.3 is 10.4 Å². The molecule has 1 heterocycles. The SMILES string of the molecule is Oc1ccc(NCn2nnc3ccccc32)cc1. The van der Waals surface area contributed by atoms with E-state index in [0.29, 0.717) is 6.67 Å². The number of nitrogens with zero attached hydrogens (tertiary/aromatic N) is 3. The number of phenolic OH excluding ortho intramolecular Hbond substituents is 1. The van der Waals surface area contributed by atoms with Crippen LogP contribution in [-0.2, 0) is 6.67 Å². The average Bonchev–Trinajstić information content (AvgIpc) is 2.82. The van der Waals surface area contributed by atoms with Crippen molar-refractivity contribution in [1.29, 1.82) is 0 Å². The monoisotopic (exact) mass is 240 g/mol. The third-order valence-electron chi connectivity index (χ3n) is 2.72. The van der Waals surface area contributed by atoms with E-state index in [1.54, 1.807) is 16.8 Å². The zero-order valence-electron chi connectivity index (χ0n) is 9.61. The lowest BCUT2D eigenvalue weighted by molar-refractivity contribution is 0.475. The zero-order chi connectivity index (χ0) is 12.4. The second-order valence-electron chi connectivity index (χ2n) is 3.96. The maximum Gasteiger partial charge on any atom is 0.115 e. The number of fused-ring (bicyclic) bond motifs is 1. The van der Waals surface area contributed by atoms with Crippen molar-refractivity contribution in [3.8, 4) is 5.75 Å². The first-order chi connectivity index (χ1) is 8.83. The summed E-state index contributed by atoms with van der Waals surface area (Å²) in [6.45, 7) is 0.533. The predicted molar refractivity (Wildman–Crippen MR) is 69.3 cm³/mol. The highest BCUT2D eigenvalue weighted by Crippen LogP contribution is 2.14. The van der Waals surface area contributed by atoms with E-state index in [2.05, 4.69) is 15.6 Å². The fourth-order valence-corrected chi connectivity index (χ4v) is 1.78. The van der Waals surface area contributed by atoms with E-state index in [0.717, 1.165) is 16.7 Å². The Morgan fingerprint density at radius 3 is 2.67 bits per heavy atom. The minimum Gasteiger partial charge on any atom is -0.508 e. The first-order valence-electron chi connectivity index (χ1n) is 5.64. The fraction of sp³-hybridized carbons (Fsp3) is 0.0769. The molecule has 0 bridgehead atoms. The molecular formula is C13H12N4O. The Morgan fingerprint density at radius 2 is 1.83 bits per heavy atom. The number of nitrogens with one attached hydrogen (secondary N) is 1. The van der Waals surface area contributed by atoms with Crippen LogP contribution in [0.2, 0.25) is 0 Å². The molecule has 0 unspecified atom stereocenters. The quantitative estimate of drug-likeness (QED) is 0.689. The summed E-state index contributed by atoms with van der Waals surface area (Å²) in [5.74, 6) is 0.256. The number of aromatic hydroxyl groups is 1. The van der Waals surface area contributed by atoms with Crippen LogP contribution < -0.4 is 5.32 Å². The second kappa shape index (κ2) is 4.37. The minimum absolute atomic E-state index is 0.256. The largest absolute Gasteiger partial charge is 0.508 e. The van der Waals surface area contributed by atoms with Crippen molar-refractivity contribution < 1.29 is 5.11 Å². The number of para-hydroxylation sites is 1. The standard InChI is InChI=1S/C13H12N4O/c18-11-7-5-10(6-8-11)14-9-17-13-4-2-1-3-12(13)15-16-17/h1-8,14,18H,9H2. The second-order valence-corrected chi connectivity index (χ2v) is 3.96. The van der Waals surface area contributed by atoms with Gasteiger partial charge in [0.1, 0.15) is 17.9 Å². The molecule has 0 aliphatic heterocycles. The van der Waals surface area contributed by atoms with Crippen LogP contribution in [0.4, 0.5) is 5.69 Å². The summed E-state index contributed by atoms with van der Waals surface area (Å²) in [4.78, 5) is 0. The highest BCUT2D eigenvalue weighted by atomic mass is 16.3. The van der Waals surface area contributed by atoms with Gasteiger partial charge in [0.05, 0.1) is 5.52 Å². The van der Waals surface area contributed by atoms with E-state index in [4.69, 9.17) is 0 Å². The molecule has 90 valence electrons. The summed E-state index contributed by atoms with van der Waals surface area (Å²) in [7, 11) is 0. The molecule has 0 radical (unpaired) electrons. The van der Waals surface area contributed by atoms with Gasteiger partial charge in [0.15, 0.2) is 0 Å². The van der Waals surface area contributed by atoms with Crippen molar-refractivity contribution in [2.45, 2.75) is 6.67 Å². The number of benzene rings is 2. The number of rotatable bonds is 3. The number of anilines is 1. The third-order valence-corrected chi connectivity index (χ3v) is 2.72. The Hall–Kier alpha value is -2.56. The number of phenols is 1. The molecule has 1 aromatic heterocycles. The van der Waals surface area contributed by atoms with Gasteiger partial charge >= 0.3 is 0 Å². The number of aromatic nitrogens is 3. The molecule has 0 aliphatic carbocycles. The summed E-state index contributed by atoms with van der Waals surface area (Å²) in [5, 5.41) is 20.6. The smallest absolute Gasteiger partial charge is 0.115 e. The van der Waals surface area contributed by atoms with Crippen molar-refractivity contribution in [3.63, 3.8) is 0 Å². The predicted octanol–water partition coefficient (Wildman–Crippen LogP) is 2.21. The van der Waals surface area contributed by atoms with E-state index in [-0.39, 0.29) is 5.75 Å². The molecule has 0 amide bonds. The maximum absolute atomic E-state index is 9.19. The normalized spacial score (nSPS) is 10.7. The van der Waals surface area contributed by atoms with E-state index in [1.165, 1.54) is 0 Å². The third kappa shape index (κ3) is 1.98. The molecule has 0 atom stereocenters. The van der Waals surface area contributed by atoms with E-state index >= 15 is 0 Å². The topological polar surface area (TPSA) is 63.0 Å². The molecule has 2 aromatic carbocycles. The van der Waals surface area contributed by atoms with Gasteiger partial charge in [0, 0.05) is 5.69 Å². The maximum atomic E-state index is 9.19. The Morgan fingerprint density at radius 1 is 1.06 bits per heavy atom. The Labute approximate surface area is 104 Å². The molecule has 18 heavy (non-hydrogen) atoms. The molecule has 2 N–H and O–H groups in total. The first kappa shape index (κ1) is 10.6. The molecule has 0 spiro atoms. The van der Waals surface area contributed by atoms with Gasteiger partial charge in [-0.3, -0.25) is 0 Å². The molecule has 5 heteroatoms. The van der Waals surface area contributed by atoms with Gasteiger partial charge in [-0.2, -0.15) is 0 Å². The average molecular weight is 240 g/mol. The van der Waals surface area contributed by atoms with Gasteiger partial charge in [-0.1, -0.05) is 17.3 Å². The molecule has 0 fully saturated rings. The van der Waals surface area contributed by atoms with Crippen molar-refractivity contribution in [2.24, 2.45) is 0 Å². The lowest BCUT2D eigenvalue weighted by Gasteiger charge is -2.06.